The SMILES string of the molecule is O=C(Cc1cccc(-c2ccncc2)c1)NCCCOc1ccc2c(c1)C1(CC2)CCC(C(=O)O)CC1. The Hall–Kier alpha value is -3.67. The summed E-state index contributed by atoms with van der Waals surface area (Å²) in [6.07, 6.45) is 10.2. The van der Waals surface area contributed by atoms with Gasteiger partial charge in [0.15, 0.2) is 0 Å². The number of aliphatic carboxylic acids is 1. The fourth-order valence-corrected chi connectivity index (χ4v) is 5.95. The number of fused-ring (bicyclic) bond motifs is 2. The molecule has 2 aromatic carbocycles. The van der Waals surface area contributed by atoms with Crippen LogP contribution >= 0.6 is 0 Å². The first-order valence-electron chi connectivity index (χ1n) is 13.3. The van der Waals surface area contributed by atoms with E-state index in [-0.39, 0.29) is 17.2 Å². The van der Waals surface area contributed by atoms with E-state index in [1.54, 1.807) is 12.4 Å². The van der Waals surface area contributed by atoms with Gasteiger partial charge in [-0.25, -0.2) is 0 Å². The molecule has 0 radical (unpaired) electrons. The number of nitrogens with zero attached hydrogens (tertiary/aromatic N) is 1. The molecule has 6 heteroatoms. The van der Waals surface area contributed by atoms with Gasteiger partial charge in [-0.3, -0.25) is 14.6 Å². The van der Waals surface area contributed by atoms with Gasteiger partial charge in [-0.2, -0.15) is 0 Å². The highest BCUT2D eigenvalue weighted by Gasteiger charge is 2.43. The maximum absolute atomic E-state index is 12.5. The van der Waals surface area contributed by atoms with Gasteiger partial charge in [0.25, 0.3) is 0 Å². The molecular formula is C31H34N2O4. The van der Waals surface area contributed by atoms with E-state index < -0.39 is 5.97 Å². The topological polar surface area (TPSA) is 88.5 Å². The Labute approximate surface area is 218 Å². The van der Waals surface area contributed by atoms with Crippen molar-refractivity contribution in [2.24, 2.45) is 5.92 Å². The Balaban J connectivity index is 1.08. The van der Waals surface area contributed by atoms with Crippen LogP contribution in [0.15, 0.2) is 67.0 Å². The average molecular weight is 499 g/mol. The van der Waals surface area contributed by atoms with Crippen molar-refractivity contribution in [3.63, 3.8) is 0 Å². The second-order valence-corrected chi connectivity index (χ2v) is 10.4. The normalized spacial score (nSPS) is 20.4. The number of pyridine rings is 1. The summed E-state index contributed by atoms with van der Waals surface area (Å²) in [6.45, 7) is 1.10. The summed E-state index contributed by atoms with van der Waals surface area (Å²) in [5.74, 6) is 0.00772. The molecule has 6 nitrogen and oxygen atoms in total. The lowest BCUT2D eigenvalue weighted by molar-refractivity contribution is -0.143. The number of nitrogens with one attached hydrogen (secondary N) is 1. The lowest BCUT2D eigenvalue weighted by Gasteiger charge is -2.37. The molecule has 0 unspecified atom stereocenters. The van der Waals surface area contributed by atoms with E-state index in [0.29, 0.717) is 19.6 Å². The molecular weight excluding hydrogens is 464 g/mol. The predicted octanol–water partition coefficient (Wildman–Crippen LogP) is 5.34. The fourth-order valence-electron chi connectivity index (χ4n) is 5.95. The number of amides is 1. The Kier molecular flexibility index (Phi) is 7.54. The summed E-state index contributed by atoms with van der Waals surface area (Å²) >= 11 is 0. The van der Waals surface area contributed by atoms with Crippen molar-refractivity contribution in [3.05, 3.63) is 83.7 Å². The summed E-state index contributed by atoms with van der Waals surface area (Å²) in [5, 5.41) is 12.4. The zero-order valence-corrected chi connectivity index (χ0v) is 21.1. The Morgan fingerprint density at radius 3 is 2.59 bits per heavy atom. The van der Waals surface area contributed by atoms with Crippen molar-refractivity contribution in [2.45, 2.75) is 56.8 Å². The van der Waals surface area contributed by atoms with Crippen molar-refractivity contribution < 1.29 is 19.4 Å². The smallest absolute Gasteiger partial charge is 0.306 e. The number of carboxylic acids is 1. The first kappa shape index (κ1) is 25.0. The van der Waals surface area contributed by atoms with Gasteiger partial charge in [0.05, 0.1) is 18.9 Å². The van der Waals surface area contributed by atoms with Gasteiger partial charge in [-0.05, 0) is 102 Å². The minimum atomic E-state index is -0.657. The monoisotopic (exact) mass is 498 g/mol. The van der Waals surface area contributed by atoms with Crippen LogP contribution < -0.4 is 10.1 Å². The highest BCUT2D eigenvalue weighted by Crippen LogP contribution is 2.50. The van der Waals surface area contributed by atoms with Gasteiger partial charge in [0.1, 0.15) is 5.75 Å². The maximum Gasteiger partial charge on any atom is 0.306 e. The molecule has 2 aliphatic carbocycles. The quantitative estimate of drug-likeness (QED) is 0.389. The molecule has 0 aliphatic heterocycles. The van der Waals surface area contributed by atoms with Crippen LogP contribution in [-0.4, -0.2) is 35.1 Å². The van der Waals surface area contributed by atoms with Crippen molar-refractivity contribution in [1.82, 2.24) is 10.3 Å². The number of ether oxygens (including phenoxy) is 1. The number of hydrogen-bond donors (Lipinski definition) is 2. The first-order valence-corrected chi connectivity index (χ1v) is 13.3. The van der Waals surface area contributed by atoms with E-state index in [4.69, 9.17) is 4.74 Å². The third-order valence-corrected chi connectivity index (χ3v) is 8.03. The number of carboxylic acid groups (broad SMARTS) is 1. The Morgan fingerprint density at radius 2 is 1.81 bits per heavy atom. The largest absolute Gasteiger partial charge is 0.494 e. The van der Waals surface area contributed by atoms with Crippen LogP contribution in [0.5, 0.6) is 5.75 Å². The number of carbonyl (C=O) groups is 2. The number of aryl methyl sites for hydroxylation is 1. The second-order valence-electron chi connectivity index (χ2n) is 10.4. The van der Waals surface area contributed by atoms with E-state index in [1.165, 1.54) is 11.1 Å². The van der Waals surface area contributed by atoms with Gasteiger partial charge in [-0.15, -0.1) is 0 Å². The van der Waals surface area contributed by atoms with Gasteiger partial charge in [0.2, 0.25) is 5.91 Å². The van der Waals surface area contributed by atoms with Crippen molar-refractivity contribution in [2.75, 3.05) is 13.2 Å². The maximum atomic E-state index is 12.5. The molecule has 1 heterocycles. The summed E-state index contributed by atoms with van der Waals surface area (Å²) < 4.78 is 6.04. The van der Waals surface area contributed by atoms with Crippen LogP contribution in [0.3, 0.4) is 0 Å². The molecule has 1 spiro atoms. The van der Waals surface area contributed by atoms with Crippen LogP contribution in [-0.2, 0) is 27.8 Å². The number of hydrogen-bond acceptors (Lipinski definition) is 4. The molecule has 1 aromatic heterocycles. The third kappa shape index (κ3) is 5.85. The molecule has 5 rings (SSSR count). The molecule has 1 saturated carbocycles. The molecule has 37 heavy (non-hydrogen) atoms. The van der Waals surface area contributed by atoms with Crippen molar-refractivity contribution in [3.8, 4) is 16.9 Å². The highest BCUT2D eigenvalue weighted by molar-refractivity contribution is 5.79. The number of carbonyl (C=O) groups excluding carboxylic acids is 1. The van der Waals surface area contributed by atoms with E-state index in [0.717, 1.165) is 67.4 Å². The van der Waals surface area contributed by atoms with Crippen LogP contribution in [0.25, 0.3) is 11.1 Å². The molecule has 0 bridgehead atoms. The average Bonchev–Trinajstić information content (AvgIpc) is 3.26. The van der Waals surface area contributed by atoms with E-state index in [2.05, 4.69) is 22.4 Å². The van der Waals surface area contributed by atoms with E-state index in [1.807, 2.05) is 42.5 Å². The molecule has 1 amide bonds. The molecule has 0 atom stereocenters. The van der Waals surface area contributed by atoms with E-state index >= 15 is 0 Å². The van der Waals surface area contributed by atoms with E-state index in [9.17, 15) is 14.7 Å². The molecule has 2 N–H and O–H groups in total. The minimum Gasteiger partial charge on any atom is -0.494 e. The summed E-state index contributed by atoms with van der Waals surface area (Å²) in [5.41, 5.74) is 5.99. The summed E-state index contributed by atoms with van der Waals surface area (Å²) in [7, 11) is 0. The zero-order chi connectivity index (χ0) is 25.7. The number of aromatic nitrogens is 1. The highest BCUT2D eigenvalue weighted by atomic mass is 16.5. The predicted molar refractivity (Wildman–Crippen MR) is 143 cm³/mol. The number of benzene rings is 2. The second kappa shape index (κ2) is 11.2. The zero-order valence-electron chi connectivity index (χ0n) is 21.1. The Bertz CT molecular complexity index is 1250. The van der Waals surface area contributed by atoms with Gasteiger partial charge >= 0.3 is 5.97 Å². The molecule has 192 valence electrons. The minimum absolute atomic E-state index is 0.00307. The third-order valence-electron chi connectivity index (χ3n) is 8.03. The number of rotatable bonds is 9. The molecule has 2 aliphatic rings. The lowest BCUT2D eigenvalue weighted by Crippen LogP contribution is -2.32. The molecule has 0 saturated heterocycles. The molecule has 3 aromatic rings. The van der Waals surface area contributed by atoms with Gasteiger partial charge in [-0.1, -0.05) is 30.3 Å². The van der Waals surface area contributed by atoms with Gasteiger partial charge < -0.3 is 15.2 Å². The summed E-state index contributed by atoms with van der Waals surface area (Å²) in [6, 6.07) is 18.3. The first-order chi connectivity index (χ1) is 18.0. The van der Waals surface area contributed by atoms with Gasteiger partial charge in [0, 0.05) is 18.9 Å². The molecule has 1 fully saturated rings. The summed E-state index contributed by atoms with van der Waals surface area (Å²) in [4.78, 5) is 27.9. The lowest BCUT2D eigenvalue weighted by atomic mass is 9.67. The standard InChI is InChI=1S/C31H34N2O4/c34-29(20-22-3-1-4-26(19-22)23-10-16-32-17-11-23)33-15-2-18-37-27-6-5-24-7-12-31(28(24)21-27)13-8-25(9-14-31)30(35)36/h1,3-6,10-11,16-17,19,21,25H,2,7-9,12-15,18,20H2,(H,33,34)(H,35,36). The van der Waals surface area contributed by atoms with Crippen molar-refractivity contribution in [1.29, 1.82) is 0 Å². The fraction of sp³-hybridized carbons (Fsp3) is 0.387. The van der Waals surface area contributed by atoms with Crippen molar-refractivity contribution >= 4 is 11.9 Å². The van der Waals surface area contributed by atoms with Crippen LogP contribution in [0.2, 0.25) is 0 Å². The Morgan fingerprint density at radius 1 is 1.00 bits per heavy atom. The van der Waals surface area contributed by atoms with Crippen LogP contribution in [0, 0.1) is 5.92 Å². The van der Waals surface area contributed by atoms with Crippen LogP contribution in [0.4, 0.5) is 0 Å². The van der Waals surface area contributed by atoms with Crippen LogP contribution in [0.1, 0.15) is 55.2 Å².